The summed E-state index contributed by atoms with van der Waals surface area (Å²) in [6.07, 6.45) is -2.74. The number of rotatable bonds is 13. The van der Waals surface area contributed by atoms with E-state index in [9.17, 15) is 37.6 Å². The molecule has 2 aliphatic heterocycles. The van der Waals surface area contributed by atoms with Gasteiger partial charge in [0.15, 0.2) is 10.9 Å². The average molecular weight is 1050 g/mol. The maximum absolute atomic E-state index is 15.7. The van der Waals surface area contributed by atoms with Crippen LogP contribution in [0, 0.1) is 35.3 Å². The summed E-state index contributed by atoms with van der Waals surface area (Å²) in [5.41, 5.74) is 0.526. The molecular formula is C54H49F5N8O5S2. The van der Waals surface area contributed by atoms with E-state index in [1.165, 1.54) is 48.0 Å². The molecule has 74 heavy (non-hydrogen) atoms. The number of carbonyl (C=O) groups excluding carboxylic acids is 4. The molecule has 0 saturated carbocycles. The highest BCUT2D eigenvalue weighted by Crippen LogP contribution is 2.42. The zero-order valence-electron chi connectivity index (χ0n) is 40.9. The Labute approximate surface area is 433 Å². The highest BCUT2D eigenvalue weighted by Gasteiger charge is 2.52. The van der Waals surface area contributed by atoms with E-state index in [1.807, 2.05) is 31.2 Å². The first-order valence-corrected chi connectivity index (χ1v) is 24.6. The predicted molar refractivity (Wildman–Crippen MR) is 273 cm³/mol. The Morgan fingerprint density at radius 2 is 1.64 bits per heavy atom. The van der Waals surface area contributed by atoms with Gasteiger partial charge in [-0.15, -0.1) is 11.3 Å². The number of benzene rings is 4. The van der Waals surface area contributed by atoms with Gasteiger partial charge in [0.2, 0.25) is 11.8 Å². The van der Waals surface area contributed by atoms with Gasteiger partial charge in [-0.25, -0.2) is 13.8 Å². The number of alkyl halides is 3. The van der Waals surface area contributed by atoms with E-state index in [2.05, 4.69) is 20.6 Å². The van der Waals surface area contributed by atoms with Crippen LogP contribution < -0.4 is 25.2 Å². The topological polar surface area (TPSA) is 161 Å². The van der Waals surface area contributed by atoms with Crippen molar-refractivity contribution in [1.29, 1.82) is 5.26 Å². The summed E-state index contributed by atoms with van der Waals surface area (Å²) in [5.74, 6) is -4.52. The summed E-state index contributed by atoms with van der Waals surface area (Å²) in [6, 6.07) is 23.1. The van der Waals surface area contributed by atoms with Gasteiger partial charge in [-0.3, -0.25) is 29.1 Å². The van der Waals surface area contributed by atoms with Crippen molar-refractivity contribution in [3.05, 3.63) is 148 Å². The first-order chi connectivity index (χ1) is 35.0. The molecule has 0 aliphatic carbocycles. The van der Waals surface area contributed by atoms with Gasteiger partial charge in [0.05, 0.1) is 56.5 Å². The van der Waals surface area contributed by atoms with E-state index in [0.717, 1.165) is 33.8 Å². The number of pyridine rings is 1. The van der Waals surface area contributed by atoms with E-state index in [0.29, 0.717) is 52.5 Å². The minimum absolute atomic E-state index is 0.0599. The first-order valence-electron chi connectivity index (χ1n) is 23.3. The third-order valence-corrected chi connectivity index (χ3v) is 14.3. The normalized spacial score (nSPS) is 16.0. The Hall–Kier alpha value is -7.63. The van der Waals surface area contributed by atoms with Crippen molar-refractivity contribution in [2.24, 2.45) is 5.41 Å². The van der Waals surface area contributed by atoms with Gasteiger partial charge >= 0.3 is 6.18 Å². The zero-order chi connectivity index (χ0) is 53.4. The molecule has 0 radical (unpaired) electrons. The van der Waals surface area contributed by atoms with E-state index in [-0.39, 0.29) is 29.7 Å². The number of amides is 4. The number of halogens is 5. The Morgan fingerprint density at radius 3 is 2.24 bits per heavy atom. The minimum Gasteiger partial charge on any atom is -0.489 e. The second-order valence-electron chi connectivity index (χ2n) is 19.4. The molecule has 2 fully saturated rings. The van der Waals surface area contributed by atoms with Crippen LogP contribution in [0.1, 0.15) is 85.8 Å². The Morgan fingerprint density at radius 1 is 0.946 bits per heavy atom. The predicted octanol–water partition coefficient (Wildman–Crippen LogP) is 10.3. The number of likely N-dealkylation sites (tertiary alicyclic amines) is 1. The lowest BCUT2D eigenvalue weighted by atomic mass is 9.85. The number of nitrogens with zero attached hydrogens (tertiary/aromatic N) is 6. The number of thiazole rings is 1. The molecule has 2 atom stereocenters. The fourth-order valence-corrected chi connectivity index (χ4v) is 10.3. The highest BCUT2D eigenvalue weighted by atomic mass is 32.1. The highest BCUT2D eigenvalue weighted by molar-refractivity contribution is 7.81. The summed E-state index contributed by atoms with van der Waals surface area (Å²) >= 11 is 7.10. The summed E-state index contributed by atoms with van der Waals surface area (Å²) in [6.45, 7) is 10.8. The van der Waals surface area contributed by atoms with Crippen LogP contribution in [0.2, 0.25) is 0 Å². The molecule has 0 unspecified atom stereocenters. The summed E-state index contributed by atoms with van der Waals surface area (Å²) in [4.78, 5) is 68.3. The number of carbonyl (C=O) groups is 4. The minimum atomic E-state index is -5.21. The van der Waals surface area contributed by atoms with Crippen molar-refractivity contribution in [2.75, 3.05) is 16.3 Å². The van der Waals surface area contributed by atoms with Crippen molar-refractivity contribution < 1.29 is 45.9 Å². The standard InChI is InChI=1S/C54H49F5N8O5S2/c1-30-45(74-29-63-30)34-12-9-31(10-13-34)26-62-48(69)42-8-7-23-65(42)49(70)46(52(2,3)4)64-47(68)38-20-11-32(24-39(38)55)28-72-37-18-14-33(15-19-37)40-21-17-36(27-61-40)67-51(73)66(50(71)53(67,5)6)41-22-16-35(25-60)43(44(41)56)54(57,58)59/h9-22,24,27,29,42,46H,7-8,23,26,28H2,1-6H3,(H,62,69)(H,64,68)/t42-,46+/m0/s1. The molecule has 4 aromatic carbocycles. The summed E-state index contributed by atoms with van der Waals surface area (Å²) in [7, 11) is 0. The fraction of sp³-hybridized carbons (Fsp3) is 0.296. The molecule has 382 valence electrons. The van der Waals surface area contributed by atoms with Gasteiger partial charge in [-0.1, -0.05) is 51.1 Å². The van der Waals surface area contributed by atoms with Crippen LogP contribution in [0.4, 0.5) is 33.3 Å². The van der Waals surface area contributed by atoms with Gasteiger partial charge < -0.3 is 25.2 Å². The van der Waals surface area contributed by atoms with E-state index < -0.39 is 75.4 Å². The third kappa shape index (κ3) is 10.6. The Kier molecular flexibility index (Phi) is 14.7. The second-order valence-corrected chi connectivity index (χ2v) is 20.6. The van der Waals surface area contributed by atoms with Gasteiger partial charge in [-0.05, 0) is 129 Å². The maximum atomic E-state index is 15.7. The SMILES string of the molecule is Cc1ncsc1-c1ccc(CNC(=O)[C@@H]2CCCN2C(=O)[C@@H](NC(=O)c2ccc(COc3ccc(-c4ccc(N5C(=S)N(c6ccc(C#N)c(C(F)(F)F)c6F)C(=O)C5(C)C)cn4)cc3)cc2F)C(C)(C)C)cc1. The van der Waals surface area contributed by atoms with Crippen LogP contribution in [0.25, 0.3) is 21.7 Å². The molecule has 4 heterocycles. The number of anilines is 2. The molecule has 13 nitrogen and oxygen atoms in total. The molecule has 20 heteroatoms. The molecule has 6 aromatic rings. The number of ether oxygens (including phenoxy) is 1. The first kappa shape index (κ1) is 52.7. The molecule has 4 amide bonds. The number of hydrogen-bond donors (Lipinski definition) is 2. The van der Waals surface area contributed by atoms with Crippen LogP contribution in [0.5, 0.6) is 5.75 Å². The summed E-state index contributed by atoms with van der Waals surface area (Å²) < 4.78 is 78.5. The van der Waals surface area contributed by atoms with Gasteiger partial charge in [0.25, 0.3) is 11.8 Å². The van der Waals surface area contributed by atoms with Crippen molar-refractivity contribution in [1.82, 2.24) is 25.5 Å². The molecule has 2 aromatic heterocycles. The molecule has 2 aliphatic rings. The van der Waals surface area contributed by atoms with Crippen LogP contribution in [-0.2, 0) is 33.7 Å². The van der Waals surface area contributed by atoms with Gasteiger partial charge in [0.1, 0.15) is 41.4 Å². The molecular weight excluding hydrogens is 1000 g/mol. The van der Waals surface area contributed by atoms with Gasteiger partial charge in [0, 0.05) is 18.7 Å². The fourth-order valence-electron chi connectivity index (χ4n) is 8.95. The van der Waals surface area contributed by atoms with E-state index >= 15 is 8.78 Å². The molecule has 8 rings (SSSR count). The number of nitriles is 1. The Balaban J connectivity index is 0.866. The molecule has 2 saturated heterocycles. The molecule has 0 spiro atoms. The third-order valence-electron chi connectivity index (χ3n) is 12.9. The monoisotopic (exact) mass is 1050 g/mol. The number of nitrogens with one attached hydrogen (secondary N) is 2. The smallest absolute Gasteiger partial charge is 0.420 e. The van der Waals surface area contributed by atoms with Crippen molar-refractivity contribution in [2.45, 2.75) is 91.3 Å². The number of hydrogen-bond acceptors (Lipinski definition) is 10. The van der Waals surface area contributed by atoms with E-state index in [1.54, 1.807) is 80.1 Å². The van der Waals surface area contributed by atoms with Crippen LogP contribution in [0.15, 0.2) is 103 Å². The lowest BCUT2D eigenvalue weighted by Crippen LogP contribution is -2.57. The molecule has 0 bridgehead atoms. The van der Waals surface area contributed by atoms with Crippen LogP contribution in [0.3, 0.4) is 0 Å². The van der Waals surface area contributed by atoms with Crippen molar-refractivity contribution >= 4 is 63.7 Å². The van der Waals surface area contributed by atoms with Crippen LogP contribution >= 0.6 is 23.6 Å². The maximum Gasteiger partial charge on any atom is 0.420 e. The van der Waals surface area contributed by atoms with Gasteiger partial charge in [-0.2, -0.15) is 18.4 Å². The largest absolute Gasteiger partial charge is 0.489 e. The summed E-state index contributed by atoms with van der Waals surface area (Å²) in [5, 5.41) is 14.6. The zero-order valence-corrected chi connectivity index (χ0v) is 42.6. The quantitative estimate of drug-likeness (QED) is 0.0842. The number of thiocarbonyl (C=S) groups is 1. The lowest BCUT2D eigenvalue weighted by Gasteiger charge is -2.35. The van der Waals surface area contributed by atoms with Crippen molar-refractivity contribution in [3.8, 4) is 33.5 Å². The Bertz CT molecular complexity index is 3210. The number of aromatic nitrogens is 2. The van der Waals surface area contributed by atoms with Crippen molar-refractivity contribution in [3.63, 3.8) is 0 Å². The second kappa shape index (κ2) is 20.7. The number of aryl methyl sites for hydroxylation is 1. The lowest BCUT2D eigenvalue weighted by molar-refractivity contribution is -0.142. The average Bonchev–Trinajstić information content (AvgIpc) is 4.07. The molecule has 2 N–H and O–H groups in total. The van der Waals surface area contributed by atoms with Crippen LogP contribution in [-0.4, -0.2) is 67.8 Å². The van der Waals surface area contributed by atoms with E-state index in [4.69, 9.17) is 17.0 Å².